The summed E-state index contributed by atoms with van der Waals surface area (Å²) < 4.78 is 0. The predicted molar refractivity (Wildman–Crippen MR) is 70.3 cm³/mol. The summed E-state index contributed by atoms with van der Waals surface area (Å²) in [5.41, 5.74) is 5.80. The Kier molecular flexibility index (Phi) is 3.07. The van der Waals surface area contributed by atoms with Gasteiger partial charge in [-0.1, -0.05) is 0 Å². The molecule has 2 saturated carbocycles. The summed E-state index contributed by atoms with van der Waals surface area (Å²) in [7, 11) is 0. The molecule has 5 nitrogen and oxygen atoms in total. The van der Waals surface area contributed by atoms with Crippen molar-refractivity contribution in [2.75, 3.05) is 17.6 Å². The van der Waals surface area contributed by atoms with E-state index in [9.17, 15) is 5.11 Å². The highest BCUT2D eigenvalue weighted by Gasteiger charge is 2.27. The lowest BCUT2D eigenvalue weighted by Crippen LogP contribution is -2.14. The fourth-order valence-electron chi connectivity index (χ4n) is 2.58. The topological polar surface area (TPSA) is 84.1 Å². The molecule has 0 bridgehead atoms. The first-order valence-corrected chi connectivity index (χ1v) is 6.77. The number of hydrogen-bond acceptors (Lipinski definition) is 5. The van der Waals surface area contributed by atoms with Crippen molar-refractivity contribution in [2.45, 2.75) is 44.1 Å². The highest BCUT2D eigenvalue weighted by molar-refractivity contribution is 5.45. The second-order valence-corrected chi connectivity index (χ2v) is 5.52. The molecule has 18 heavy (non-hydrogen) atoms. The minimum Gasteiger partial charge on any atom is -0.393 e. The Morgan fingerprint density at radius 3 is 2.78 bits per heavy atom. The summed E-state index contributed by atoms with van der Waals surface area (Å²) in [5, 5.41) is 12.8. The number of aromatic nitrogens is 2. The van der Waals surface area contributed by atoms with Gasteiger partial charge in [0.15, 0.2) is 0 Å². The zero-order chi connectivity index (χ0) is 12.5. The van der Waals surface area contributed by atoms with Gasteiger partial charge in [0.1, 0.15) is 17.5 Å². The average Bonchev–Trinajstić information content (AvgIpc) is 3.10. The molecule has 0 saturated heterocycles. The van der Waals surface area contributed by atoms with Crippen molar-refractivity contribution in [1.82, 2.24) is 9.97 Å². The van der Waals surface area contributed by atoms with E-state index in [0.717, 1.165) is 37.4 Å². The van der Waals surface area contributed by atoms with Gasteiger partial charge < -0.3 is 16.2 Å². The second kappa shape index (κ2) is 4.72. The normalized spacial score (nSPS) is 27.4. The maximum Gasteiger partial charge on any atom is 0.136 e. The summed E-state index contributed by atoms with van der Waals surface area (Å²) in [6.07, 6.45) is 5.14. The van der Waals surface area contributed by atoms with Crippen molar-refractivity contribution < 1.29 is 5.11 Å². The van der Waals surface area contributed by atoms with E-state index in [0.29, 0.717) is 17.7 Å². The van der Waals surface area contributed by atoms with Crippen LogP contribution < -0.4 is 11.1 Å². The maximum absolute atomic E-state index is 9.49. The minimum atomic E-state index is -0.116. The van der Waals surface area contributed by atoms with Crippen LogP contribution in [0.4, 0.5) is 11.6 Å². The number of nitrogens with two attached hydrogens (primary N) is 1. The lowest BCUT2D eigenvalue weighted by atomic mass is 10.1. The molecule has 2 unspecified atom stereocenters. The van der Waals surface area contributed by atoms with Gasteiger partial charge >= 0.3 is 0 Å². The second-order valence-electron chi connectivity index (χ2n) is 5.52. The van der Waals surface area contributed by atoms with Gasteiger partial charge in [-0.25, -0.2) is 9.97 Å². The molecule has 2 aliphatic carbocycles. The summed E-state index contributed by atoms with van der Waals surface area (Å²) in [4.78, 5) is 8.79. The maximum atomic E-state index is 9.49. The van der Waals surface area contributed by atoms with Gasteiger partial charge in [-0.2, -0.15) is 0 Å². The third kappa shape index (κ3) is 2.72. The number of nitrogen functional groups attached to an aromatic ring is 1. The number of nitrogens with zero attached hydrogens (tertiary/aromatic N) is 2. The Morgan fingerprint density at radius 1 is 1.28 bits per heavy atom. The van der Waals surface area contributed by atoms with E-state index in [1.165, 1.54) is 12.8 Å². The standard InChI is InChI=1S/C13H20N4O/c14-11-6-12(17-13(16-11)9-2-3-9)15-7-8-1-4-10(18)5-8/h6,8-10,18H,1-5,7H2,(H3,14,15,16,17). The Balaban J connectivity index is 1.61. The van der Waals surface area contributed by atoms with Crippen molar-refractivity contribution in [3.63, 3.8) is 0 Å². The third-order valence-electron chi connectivity index (χ3n) is 3.79. The van der Waals surface area contributed by atoms with Gasteiger partial charge in [-0.15, -0.1) is 0 Å². The first-order valence-electron chi connectivity index (χ1n) is 6.77. The Morgan fingerprint density at radius 2 is 2.11 bits per heavy atom. The molecule has 5 heteroatoms. The lowest BCUT2D eigenvalue weighted by Gasteiger charge is -2.12. The van der Waals surface area contributed by atoms with Crippen molar-refractivity contribution in [2.24, 2.45) is 5.92 Å². The molecule has 0 aliphatic heterocycles. The Labute approximate surface area is 107 Å². The van der Waals surface area contributed by atoms with E-state index in [1.54, 1.807) is 6.07 Å². The third-order valence-corrected chi connectivity index (χ3v) is 3.79. The number of aliphatic hydroxyl groups excluding tert-OH is 1. The molecular formula is C13H20N4O. The van der Waals surface area contributed by atoms with E-state index < -0.39 is 0 Å². The van der Waals surface area contributed by atoms with Crippen LogP contribution in [0.1, 0.15) is 43.8 Å². The molecule has 1 aromatic rings. The molecule has 2 aliphatic rings. The van der Waals surface area contributed by atoms with Crippen molar-refractivity contribution in [1.29, 1.82) is 0 Å². The van der Waals surface area contributed by atoms with E-state index in [-0.39, 0.29) is 6.10 Å². The molecule has 0 spiro atoms. The molecule has 0 aromatic carbocycles. The van der Waals surface area contributed by atoms with Gasteiger partial charge in [-0.3, -0.25) is 0 Å². The average molecular weight is 248 g/mol. The Hall–Kier alpha value is -1.36. The van der Waals surface area contributed by atoms with E-state index in [2.05, 4.69) is 15.3 Å². The predicted octanol–water partition coefficient (Wildman–Crippen LogP) is 1.51. The largest absolute Gasteiger partial charge is 0.393 e. The molecule has 1 heterocycles. The summed E-state index contributed by atoms with van der Waals surface area (Å²) in [6, 6.07) is 1.79. The summed E-state index contributed by atoms with van der Waals surface area (Å²) in [6.45, 7) is 0.859. The highest BCUT2D eigenvalue weighted by atomic mass is 16.3. The molecule has 0 amide bonds. The Bertz CT molecular complexity index is 433. The molecule has 4 N–H and O–H groups in total. The monoisotopic (exact) mass is 248 g/mol. The lowest BCUT2D eigenvalue weighted by molar-refractivity contribution is 0.178. The molecule has 0 radical (unpaired) electrons. The number of rotatable bonds is 4. The van der Waals surface area contributed by atoms with Crippen LogP contribution in [0, 0.1) is 5.92 Å². The van der Waals surface area contributed by atoms with Crippen LogP contribution in [0.25, 0.3) is 0 Å². The zero-order valence-corrected chi connectivity index (χ0v) is 10.5. The van der Waals surface area contributed by atoms with Crippen LogP contribution in [0.2, 0.25) is 0 Å². The number of anilines is 2. The van der Waals surface area contributed by atoms with Gasteiger partial charge in [0.25, 0.3) is 0 Å². The molecule has 2 atom stereocenters. The minimum absolute atomic E-state index is 0.116. The molecule has 98 valence electrons. The SMILES string of the molecule is Nc1cc(NCC2CCC(O)C2)nc(C2CC2)n1. The zero-order valence-electron chi connectivity index (χ0n) is 10.5. The number of aliphatic hydroxyl groups is 1. The van der Waals surface area contributed by atoms with E-state index >= 15 is 0 Å². The molecule has 3 rings (SSSR count). The van der Waals surface area contributed by atoms with Crippen molar-refractivity contribution >= 4 is 11.6 Å². The fourth-order valence-corrected chi connectivity index (χ4v) is 2.58. The van der Waals surface area contributed by atoms with Crippen LogP contribution in [-0.4, -0.2) is 27.7 Å². The van der Waals surface area contributed by atoms with Gasteiger partial charge in [0, 0.05) is 18.5 Å². The molecule has 1 aromatic heterocycles. The fraction of sp³-hybridized carbons (Fsp3) is 0.692. The smallest absolute Gasteiger partial charge is 0.136 e. The number of nitrogens with one attached hydrogen (secondary N) is 1. The van der Waals surface area contributed by atoms with E-state index in [4.69, 9.17) is 5.73 Å². The van der Waals surface area contributed by atoms with Crippen LogP contribution in [0.3, 0.4) is 0 Å². The van der Waals surface area contributed by atoms with Gasteiger partial charge in [0.2, 0.25) is 0 Å². The number of hydrogen-bond donors (Lipinski definition) is 3. The van der Waals surface area contributed by atoms with Crippen LogP contribution in [0.5, 0.6) is 0 Å². The van der Waals surface area contributed by atoms with Gasteiger partial charge in [0.05, 0.1) is 6.10 Å². The van der Waals surface area contributed by atoms with Crippen molar-refractivity contribution in [3.8, 4) is 0 Å². The van der Waals surface area contributed by atoms with Gasteiger partial charge in [-0.05, 0) is 38.0 Å². The summed E-state index contributed by atoms with van der Waals surface area (Å²) >= 11 is 0. The molecular weight excluding hydrogens is 228 g/mol. The first kappa shape index (κ1) is 11.7. The summed E-state index contributed by atoms with van der Waals surface area (Å²) in [5.74, 6) is 3.30. The first-order chi connectivity index (χ1) is 8.70. The van der Waals surface area contributed by atoms with Crippen molar-refractivity contribution in [3.05, 3.63) is 11.9 Å². The van der Waals surface area contributed by atoms with Crippen LogP contribution in [0.15, 0.2) is 6.07 Å². The quantitative estimate of drug-likeness (QED) is 0.752. The van der Waals surface area contributed by atoms with E-state index in [1.807, 2.05) is 0 Å². The highest BCUT2D eigenvalue weighted by Crippen LogP contribution is 2.38. The molecule has 2 fully saturated rings. The van der Waals surface area contributed by atoms with Crippen LogP contribution >= 0.6 is 0 Å². The van der Waals surface area contributed by atoms with Crippen LogP contribution in [-0.2, 0) is 0 Å².